The smallest absolute Gasteiger partial charge is 0.0716 e. The molecular weight excluding hydrogens is 198 g/mol. The van der Waals surface area contributed by atoms with E-state index in [0.717, 1.165) is 26.3 Å². The number of benzene rings is 1. The van der Waals surface area contributed by atoms with Crippen LogP contribution in [-0.4, -0.2) is 13.2 Å². The molecule has 0 aliphatic rings. The van der Waals surface area contributed by atoms with Gasteiger partial charge in [0, 0.05) is 13.2 Å². The van der Waals surface area contributed by atoms with Crippen LogP contribution in [0.3, 0.4) is 0 Å². The molecule has 0 heterocycles. The first-order valence-electron chi connectivity index (χ1n) is 6.23. The first-order valence-corrected chi connectivity index (χ1v) is 6.23. The molecule has 0 bridgehead atoms. The Hall–Kier alpha value is -0.860. The van der Waals surface area contributed by atoms with Crippen LogP contribution < -0.4 is 5.32 Å². The van der Waals surface area contributed by atoms with Crippen molar-refractivity contribution >= 4 is 0 Å². The Balaban J connectivity index is 2.27. The summed E-state index contributed by atoms with van der Waals surface area (Å²) in [5, 5.41) is 3.43. The van der Waals surface area contributed by atoms with E-state index in [2.05, 4.69) is 36.5 Å². The standard InChI is InChI=1S/C14H23NO/c1-3-5-10-15-11-13-6-8-14(9-7-13)12-16-4-2/h6-9,15H,3-5,10-12H2,1-2H3. The minimum absolute atomic E-state index is 0.722. The third-order valence-electron chi connectivity index (χ3n) is 2.53. The van der Waals surface area contributed by atoms with E-state index in [9.17, 15) is 0 Å². The van der Waals surface area contributed by atoms with Crippen LogP contribution in [0.5, 0.6) is 0 Å². The van der Waals surface area contributed by atoms with Gasteiger partial charge in [-0.25, -0.2) is 0 Å². The molecule has 0 spiro atoms. The van der Waals surface area contributed by atoms with Gasteiger partial charge < -0.3 is 10.1 Å². The first kappa shape index (κ1) is 13.2. The molecule has 0 aliphatic heterocycles. The fraction of sp³-hybridized carbons (Fsp3) is 0.571. The van der Waals surface area contributed by atoms with Gasteiger partial charge >= 0.3 is 0 Å². The average Bonchev–Trinajstić information content (AvgIpc) is 2.33. The van der Waals surface area contributed by atoms with Gasteiger partial charge in [0.2, 0.25) is 0 Å². The predicted octanol–water partition coefficient (Wildman–Crippen LogP) is 3.11. The third kappa shape index (κ3) is 5.29. The highest BCUT2D eigenvalue weighted by Gasteiger charge is 1.94. The van der Waals surface area contributed by atoms with E-state index in [4.69, 9.17) is 4.74 Å². The molecule has 90 valence electrons. The van der Waals surface area contributed by atoms with Gasteiger partial charge in [-0.15, -0.1) is 0 Å². The van der Waals surface area contributed by atoms with Crippen molar-refractivity contribution in [2.24, 2.45) is 0 Å². The molecule has 0 saturated carbocycles. The fourth-order valence-electron chi connectivity index (χ4n) is 1.51. The average molecular weight is 221 g/mol. The summed E-state index contributed by atoms with van der Waals surface area (Å²) in [6.07, 6.45) is 2.50. The molecular formula is C14H23NO. The van der Waals surface area contributed by atoms with E-state index < -0.39 is 0 Å². The second kappa shape index (κ2) is 8.31. The highest BCUT2D eigenvalue weighted by molar-refractivity contribution is 5.21. The molecule has 0 aromatic heterocycles. The summed E-state index contributed by atoms with van der Waals surface area (Å²) < 4.78 is 5.36. The lowest BCUT2D eigenvalue weighted by atomic mass is 10.1. The Morgan fingerprint density at radius 1 is 1.06 bits per heavy atom. The largest absolute Gasteiger partial charge is 0.377 e. The van der Waals surface area contributed by atoms with Gasteiger partial charge in [0.05, 0.1) is 6.61 Å². The highest BCUT2D eigenvalue weighted by atomic mass is 16.5. The predicted molar refractivity (Wildman–Crippen MR) is 68.4 cm³/mol. The van der Waals surface area contributed by atoms with Crippen LogP contribution in [0.4, 0.5) is 0 Å². The summed E-state index contributed by atoms with van der Waals surface area (Å²) in [4.78, 5) is 0. The van der Waals surface area contributed by atoms with E-state index in [-0.39, 0.29) is 0 Å². The molecule has 1 aromatic rings. The normalized spacial score (nSPS) is 10.6. The maximum absolute atomic E-state index is 5.36. The topological polar surface area (TPSA) is 21.3 Å². The van der Waals surface area contributed by atoms with E-state index in [1.165, 1.54) is 24.0 Å². The molecule has 1 N–H and O–H groups in total. The maximum atomic E-state index is 5.36. The van der Waals surface area contributed by atoms with Gasteiger partial charge in [0.15, 0.2) is 0 Å². The Morgan fingerprint density at radius 3 is 2.38 bits per heavy atom. The lowest BCUT2D eigenvalue weighted by Gasteiger charge is -2.06. The summed E-state index contributed by atoms with van der Waals surface area (Å²) in [7, 11) is 0. The van der Waals surface area contributed by atoms with Crippen molar-refractivity contribution in [1.82, 2.24) is 5.32 Å². The zero-order valence-corrected chi connectivity index (χ0v) is 10.5. The Kier molecular flexibility index (Phi) is 6.86. The minimum Gasteiger partial charge on any atom is -0.377 e. The summed E-state index contributed by atoms with van der Waals surface area (Å²) in [5.74, 6) is 0. The lowest BCUT2D eigenvalue weighted by molar-refractivity contribution is 0.134. The van der Waals surface area contributed by atoms with Gasteiger partial charge in [0.1, 0.15) is 0 Å². The molecule has 0 aliphatic carbocycles. The molecule has 1 rings (SSSR count). The monoisotopic (exact) mass is 221 g/mol. The number of nitrogens with one attached hydrogen (secondary N) is 1. The van der Waals surface area contributed by atoms with Crippen molar-refractivity contribution in [3.63, 3.8) is 0 Å². The molecule has 0 radical (unpaired) electrons. The molecule has 16 heavy (non-hydrogen) atoms. The van der Waals surface area contributed by atoms with Crippen molar-refractivity contribution in [2.75, 3.05) is 13.2 Å². The molecule has 2 nitrogen and oxygen atoms in total. The van der Waals surface area contributed by atoms with Crippen molar-refractivity contribution in [3.8, 4) is 0 Å². The summed E-state index contributed by atoms with van der Waals surface area (Å²) >= 11 is 0. The number of ether oxygens (including phenoxy) is 1. The van der Waals surface area contributed by atoms with Gasteiger partial charge in [-0.1, -0.05) is 37.6 Å². The SMILES string of the molecule is CCCCNCc1ccc(COCC)cc1. The summed E-state index contributed by atoms with van der Waals surface area (Å²) in [5.41, 5.74) is 2.59. The molecule has 0 amide bonds. The van der Waals surface area contributed by atoms with Crippen LogP contribution in [0.25, 0.3) is 0 Å². The van der Waals surface area contributed by atoms with Crippen LogP contribution in [0.1, 0.15) is 37.8 Å². The number of rotatable bonds is 8. The van der Waals surface area contributed by atoms with Gasteiger partial charge in [-0.05, 0) is 31.0 Å². The first-order chi connectivity index (χ1) is 7.86. The maximum Gasteiger partial charge on any atom is 0.0716 e. The second-order valence-corrected chi connectivity index (χ2v) is 3.98. The van der Waals surface area contributed by atoms with Crippen LogP contribution in [0.2, 0.25) is 0 Å². The Labute approximate surface area is 99.0 Å². The Bertz CT molecular complexity index is 269. The van der Waals surface area contributed by atoms with E-state index in [1.807, 2.05) is 6.92 Å². The highest BCUT2D eigenvalue weighted by Crippen LogP contribution is 2.05. The molecule has 2 heteroatoms. The van der Waals surface area contributed by atoms with E-state index in [1.54, 1.807) is 0 Å². The number of hydrogen-bond donors (Lipinski definition) is 1. The summed E-state index contributed by atoms with van der Waals surface area (Å²) in [6, 6.07) is 8.64. The zero-order chi connectivity index (χ0) is 11.6. The number of hydrogen-bond acceptors (Lipinski definition) is 2. The van der Waals surface area contributed by atoms with Gasteiger partial charge in [0.25, 0.3) is 0 Å². The lowest BCUT2D eigenvalue weighted by Crippen LogP contribution is -2.14. The van der Waals surface area contributed by atoms with Gasteiger partial charge in [-0.3, -0.25) is 0 Å². The van der Waals surface area contributed by atoms with E-state index in [0.29, 0.717) is 0 Å². The molecule has 0 unspecified atom stereocenters. The van der Waals surface area contributed by atoms with E-state index >= 15 is 0 Å². The molecule has 0 fully saturated rings. The van der Waals surface area contributed by atoms with Crippen molar-refractivity contribution in [3.05, 3.63) is 35.4 Å². The van der Waals surface area contributed by atoms with Crippen molar-refractivity contribution in [1.29, 1.82) is 0 Å². The van der Waals surface area contributed by atoms with Crippen LogP contribution in [0, 0.1) is 0 Å². The van der Waals surface area contributed by atoms with Crippen LogP contribution >= 0.6 is 0 Å². The second-order valence-electron chi connectivity index (χ2n) is 3.98. The number of unbranched alkanes of at least 4 members (excludes halogenated alkanes) is 1. The minimum atomic E-state index is 0.722. The summed E-state index contributed by atoms with van der Waals surface area (Å²) in [6.45, 7) is 7.81. The molecule has 0 saturated heterocycles. The zero-order valence-electron chi connectivity index (χ0n) is 10.5. The quantitative estimate of drug-likeness (QED) is 0.681. The molecule has 0 atom stereocenters. The van der Waals surface area contributed by atoms with Crippen LogP contribution in [0.15, 0.2) is 24.3 Å². The van der Waals surface area contributed by atoms with Crippen molar-refractivity contribution in [2.45, 2.75) is 39.8 Å². The van der Waals surface area contributed by atoms with Crippen molar-refractivity contribution < 1.29 is 4.74 Å². The fourth-order valence-corrected chi connectivity index (χ4v) is 1.51. The van der Waals surface area contributed by atoms with Gasteiger partial charge in [-0.2, -0.15) is 0 Å². The Morgan fingerprint density at radius 2 is 1.75 bits per heavy atom. The van der Waals surface area contributed by atoms with Crippen LogP contribution in [-0.2, 0) is 17.9 Å². The third-order valence-corrected chi connectivity index (χ3v) is 2.53. The molecule has 1 aromatic carbocycles.